The number of likely N-dealkylation sites (tertiary alicyclic amines) is 1. The highest BCUT2D eigenvalue weighted by molar-refractivity contribution is 5.79. The molecule has 0 aromatic carbocycles. The molecule has 3 atom stereocenters. The number of carbonyl (C=O) groups is 1. The molecule has 0 unspecified atom stereocenters. The molecule has 0 bridgehead atoms. The molecule has 6 nitrogen and oxygen atoms in total. The third kappa shape index (κ3) is 3.25. The van der Waals surface area contributed by atoms with Crippen LogP contribution >= 0.6 is 0 Å². The van der Waals surface area contributed by atoms with Gasteiger partial charge in [-0.25, -0.2) is 0 Å². The average molecular weight is 330 g/mol. The monoisotopic (exact) mass is 330 g/mol. The predicted molar refractivity (Wildman–Crippen MR) is 85.8 cm³/mol. The maximum Gasteiger partial charge on any atom is 0.226 e. The third-order valence-corrected chi connectivity index (χ3v) is 5.05. The van der Waals surface area contributed by atoms with Crippen molar-refractivity contribution in [2.24, 2.45) is 17.8 Å². The van der Waals surface area contributed by atoms with Gasteiger partial charge in [-0.3, -0.25) is 9.69 Å². The molecular weight excluding hydrogens is 308 g/mol. The lowest BCUT2D eigenvalue weighted by molar-refractivity contribution is -0.133. The Morgan fingerprint density at radius 3 is 3.00 bits per heavy atom. The summed E-state index contributed by atoms with van der Waals surface area (Å²) >= 11 is 0. The zero-order valence-corrected chi connectivity index (χ0v) is 13.5. The van der Waals surface area contributed by atoms with Gasteiger partial charge in [0.2, 0.25) is 5.91 Å². The number of hydrogen-bond acceptors (Lipinski definition) is 5. The van der Waals surface area contributed by atoms with Gasteiger partial charge in [0.25, 0.3) is 0 Å². The first kappa shape index (κ1) is 15.5. The second-order valence-electron chi connectivity index (χ2n) is 6.69. The van der Waals surface area contributed by atoms with Crippen molar-refractivity contribution in [2.75, 3.05) is 26.3 Å². The number of nitrogens with one attached hydrogen (secondary N) is 1. The fourth-order valence-electron chi connectivity index (χ4n) is 3.85. The summed E-state index contributed by atoms with van der Waals surface area (Å²) in [5, 5.41) is 2.98. The van der Waals surface area contributed by atoms with Crippen LogP contribution in [-0.2, 0) is 22.6 Å². The standard InChI is InChI=1S/C18H22N2O4/c21-18(19-6-15-2-1-4-24-15)17-12-23-11-14-8-20(9-16(14)17)7-13-3-5-22-10-13/h1-5,10,14,16-17H,6-9,11-12H2,(H,19,21)/t14-,16-,17+/m0/s1. The minimum atomic E-state index is -0.0898. The van der Waals surface area contributed by atoms with Gasteiger partial charge in [0.1, 0.15) is 5.76 Å². The van der Waals surface area contributed by atoms with Gasteiger partial charge in [-0.2, -0.15) is 0 Å². The molecule has 2 aliphatic rings. The molecule has 2 aromatic heterocycles. The third-order valence-electron chi connectivity index (χ3n) is 5.05. The lowest BCUT2D eigenvalue weighted by Gasteiger charge is -2.31. The van der Waals surface area contributed by atoms with Crippen LogP contribution in [0.1, 0.15) is 11.3 Å². The first-order valence-corrected chi connectivity index (χ1v) is 8.41. The quantitative estimate of drug-likeness (QED) is 0.907. The SMILES string of the molecule is O=C(NCc1ccco1)[C@@H]1COC[C@@H]2CN(Cc3ccoc3)C[C@@H]21. The summed E-state index contributed by atoms with van der Waals surface area (Å²) in [4.78, 5) is 15.0. The average Bonchev–Trinajstić information content (AvgIpc) is 3.33. The van der Waals surface area contributed by atoms with Crippen LogP contribution in [0.15, 0.2) is 45.8 Å². The first-order valence-electron chi connectivity index (χ1n) is 8.41. The number of rotatable bonds is 5. The number of nitrogens with zero attached hydrogens (tertiary/aromatic N) is 1. The van der Waals surface area contributed by atoms with Crippen LogP contribution in [-0.4, -0.2) is 37.1 Å². The molecule has 0 saturated carbocycles. The van der Waals surface area contributed by atoms with Gasteiger partial charge >= 0.3 is 0 Å². The van der Waals surface area contributed by atoms with E-state index < -0.39 is 0 Å². The van der Waals surface area contributed by atoms with Crippen LogP contribution < -0.4 is 5.32 Å². The molecule has 6 heteroatoms. The van der Waals surface area contributed by atoms with E-state index in [-0.39, 0.29) is 11.8 Å². The van der Waals surface area contributed by atoms with Crippen molar-refractivity contribution in [3.8, 4) is 0 Å². The lowest BCUT2D eigenvalue weighted by Crippen LogP contribution is -2.44. The number of hydrogen-bond donors (Lipinski definition) is 1. The van der Waals surface area contributed by atoms with Crippen molar-refractivity contribution in [1.29, 1.82) is 0 Å². The van der Waals surface area contributed by atoms with E-state index in [9.17, 15) is 4.79 Å². The summed E-state index contributed by atoms with van der Waals surface area (Å²) in [7, 11) is 0. The zero-order valence-electron chi connectivity index (χ0n) is 13.5. The summed E-state index contributed by atoms with van der Waals surface area (Å²) < 4.78 is 16.1. The summed E-state index contributed by atoms with van der Waals surface area (Å²) in [6.45, 7) is 4.44. The predicted octanol–water partition coefficient (Wildman–Crippen LogP) is 1.88. The summed E-state index contributed by atoms with van der Waals surface area (Å²) in [5.74, 6) is 1.51. The summed E-state index contributed by atoms with van der Waals surface area (Å²) in [6.07, 6.45) is 5.10. The second-order valence-corrected chi connectivity index (χ2v) is 6.69. The maximum atomic E-state index is 12.6. The topological polar surface area (TPSA) is 67.8 Å². The van der Waals surface area contributed by atoms with Gasteiger partial charge < -0.3 is 18.9 Å². The smallest absolute Gasteiger partial charge is 0.226 e. The molecule has 4 heterocycles. The minimum absolute atomic E-state index is 0.0614. The summed E-state index contributed by atoms with van der Waals surface area (Å²) in [6, 6.07) is 5.68. The van der Waals surface area contributed by atoms with E-state index in [1.54, 1.807) is 18.8 Å². The molecular formula is C18H22N2O4. The molecule has 0 radical (unpaired) electrons. The van der Waals surface area contributed by atoms with Gasteiger partial charge in [0, 0.05) is 25.2 Å². The van der Waals surface area contributed by atoms with Gasteiger partial charge in [-0.05, 0) is 30.0 Å². The second kappa shape index (κ2) is 6.83. The van der Waals surface area contributed by atoms with E-state index >= 15 is 0 Å². The van der Waals surface area contributed by atoms with Crippen LogP contribution in [0.3, 0.4) is 0 Å². The van der Waals surface area contributed by atoms with E-state index in [2.05, 4.69) is 10.2 Å². The zero-order chi connectivity index (χ0) is 16.4. The Bertz CT molecular complexity index is 653. The van der Waals surface area contributed by atoms with Gasteiger partial charge in [0.05, 0.1) is 44.5 Å². The number of amides is 1. The van der Waals surface area contributed by atoms with Crippen molar-refractivity contribution in [3.63, 3.8) is 0 Å². The highest BCUT2D eigenvalue weighted by Crippen LogP contribution is 2.35. The van der Waals surface area contributed by atoms with Crippen LogP contribution in [0.25, 0.3) is 0 Å². The van der Waals surface area contributed by atoms with Crippen molar-refractivity contribution in [3.05, 3.63) is 48.3 Å². The number of carbonyl (C=O) groups excluding carboxylic acids is 1. The molecule has 0 spiro atoms. The molecule has 1 amide bonds. The Hall–Kier alpha value is -2.05. The molecule has 2 aromatic rings. The Balaban J connectivity index is 1.36. The highest BCUT2D eigenvalue weighted by Gasteiger charge is 2.43. The van der Waals surface area contributed by atoms with E-state index in [1.807, 2.05) is 18.2 Å². The number of fused-ring (bicyclic) bond motifs is 1. The van der Waals surface area contributed by atoms with E-state index in [0.717, 1.165) is 32.0 Å². The lowest BCUT2D eigenvalue weighted by atomic mass is 9.82. The largest absolute Gasteiger partial charge is 0.472 e. The highest BCUT2D eigenvalue weighted by atomic mass is 16.5. The van der Waals surface area contributed by atoms with Crippen LogP contribution in [0.2, 0.25) is 0 Å². The number of ether oxygens (including phenoxy) is 1. The van der Waals surface area contributed by atoms with Gasteiger partial charge in [-0.15, -0.1) is 0 Å². The van der Waals surface area contributed by atoms with Gasteiger partial charge in [-0.1, -0.05) is 0 Å². The van der Waals surface area contributed by atoms with Crippen LogP contribution in [0.5, 0.6) is 0 Å². The van der Waals surface area contributed by atoms with Crippen LogP contribution in [0, 0.1) is 17.8 Å². The molecule has 2 aliphatic heterocycles. The van der Waals surface area contributed by atoms with Gasteiger partial charge in [0.15, 0.2) is 0 Å². The maximum absolute atomic E-state index is 12.6. The Morgan fingerprint density at radius 1 is 1.25 bits per heavy atom. The minimum Gasteiger partial charge on any atom is -0.472 e. The van der Waals surface area contributed by atoms with E-state index in [0.29, 0.717) is 25.0 Å². The fourth-order valence-corrected chi connectivity index (χ4v) is 3.85. The Labute approximate surface area is 140 Å². The van der Waals surface area contributed by atoms with Crippen molar-refractivity contribution < 1.29 is 18.4 Å². The van der Waals surface area contributed by atoms with Crippen molar-refractivity contribution in [2.45, 2.75) is 13.1 Å². The Kier molecular flexibility index (Phi) is 4.40. The van der Waals surface area contributed by atoms with E-state index in [4.69, 9.17) is 13.6 Å². The number of furan rings is 2. The van der Waals surface area contributed by atoms with Crippen LogP contribution in [0.4, 0.5) is 0 Å². The molecule has 4 rings (SSSR count). The van der Waals surface area contributed by atoms with E-state index in [1.165, 1.54) is 5.56 Å². The molecule has 2 fully saturated rings. The molecule has 1 N–H and O–H groups in total. The Morgan fingerprint density at radius 2 is 2.21 bits per heavy atom. The molecule has 2 saturated heterocycles. The van der Waals surface area contributed by atoms with Crippen molar-refractivity contribution in [1.82, 2.24) is 10.2 Å². The fraction of sp³-hybridized carbons (Fsp3) is 0.500. The molecule has 0 aliphatic carbocycles. The first-order chi connectivity index (χ1) is 11.8. The molecule has 128 valence electrons. The summed E-state index contributed by atoms with van der Waals surface area (Å²) in [5.41, 5.74) is 1.17. The normalized spacial score (nSPS) is 27.1. The van der Waals surface area contributed by atoms with Crippen molar-refractivity contribution >= 4 is 5.91 Å². The molecule has 24 heavy (non-hydrogen) atoms.